The second kappa shape index (κ2) is 14.8. The maximum atomic E-state index is 14.2. The van der Waals surface area contributed by atoms with Crippen LogP contribution in [-0.2, 0) is 35.0 Å². The molecule has 0 unspecified atom stereocenters. The van der Waals surface area contributed by atoms with Crippen molar-refractivity contribution in [2.75, 3.05) is 18.0 Å². The highest BCUT2D eigenvalue weighted by Crippen LogP contribution is 2.37. The van der Waals surface area contributed by atoms with Crippen LogP contribution in [-0.4, -0.2) is 76.1 Å². The van der Waals surface area contributed by atoms with Crippen LogP contribution in [0.5, 0.6) is 5.75 Å². The summed E-state index contributed by atoms with van der Waals surface area (Å²) in [6.45, 7) is 1.26. The highest BCUT2D eigenvalue weighted by molar-refractivity contribution is 7.46. The molecular formula is C33H34N5O9P. The summed E-state index contributed by atoms with van der Waals surface area (Å²) in [7, 11) is -4.78. The van der Waals surface area contributed by atoms with Crippen molar-refractivity contribution in [3.05, 3.63) is 95.6 Å². The largest absolute Gasteiger partial charge is 0.524 e. The smallest absolute Gasteiger partial charge is 0.404 e. The lowest BCUT2D eigenvalue weighted by Crippen LogP contribution is -2.55. The number of nitrogens with one attached hydrogen (secondary N) is 3. The molecule has 14 nitrogen and oxygen atoms in total. The predicted molar refractivity (Wildman–Crippen MR) is 174 cm³/mol. The monoisotopic (exact) mass is 675 g/mol. The molecule has 0 bridgehead atoms. The van der Waals surface area contributed by atoms with Crippen LogP contribution in [0.4, 0.5) is 5.69 Å². The third-order valence-corrected chi connectivity index (χ3v) is 8.22. The van der Waals surface area contributed by atoms with Crippen LogP contribution in [0.25, 0.3) is 0 Å². The van der Waals surface area contributed by atoms with E-state index in [9.17, 15) is 28.5 Å². The first-order valence-electron chi connectivity index (χ1n) is 15.2. The number of carbonyl (C=O) groups excluding carboxylic acids is 5. The van der Waals surface area contributed by atoms with E-state index in [1.54, 1.807) is 48.5 Å². The number of benzodiazepines with no additional fused rings is 1. The molecular weight excluding hydrogens is 641 g/mol. The van der Waals surface area contributed by atoms with E-state index < -0.39 is 61.9 Å². The third-order valence-electron chi connectivity index (χ3n) is 7.77. The molecule has 0 aromatic heterocycles. The lowest BCUT2D eigenvalue weighted by molar-refractivity contribution is -0.137. The zero-order chi connectivity index (χ0) is 34.4. The van der Waals surface area contributed by atoms with Crippen molar-refractivity contribution in [3.63, 3.8) is 0 Å². The SMILES string of the molecule is CC(=O)N[C@@H](Cc1ccc(OP(=O)(O)O)cc1)C(=O)N[C@@H]1N=C(c2ccccc2)c2ccccc2N(CC(=O)C(=O)[C@@H]2CCCN2)C1=O. The number of carbonyl (C=O) groups is 5. The first-order chi connectivity index (χ1) is 22.9. The molecule has 2 aliphatic rings. The molecule has 5 N–H and O–H groups in total. The standard InChI is InChI=1S/C33H34N5O9P/c1-20(39)35-26(18-21-13-15-23(16-14-21)47-48(44,45)46)32(42)37-31-33(43)38(19-28(40)30(41)25-11-7-17-34-25)27-12-6-5-10-24(27)29(36-31)22-8-3-2-4-9-22/h2-6,8-10,12-16,25-26,31,34H,7,11,17-19H2,1H3,(H,35,39)(H,37,42)(H2,44,45,46)/t25-,26-,31-/m0/s1. The second-order valence-electron chi connectivity index (χ2n) is 11.3. The number of phosphoric acid groups is 1. The summed E-state index contributed by atoms with van der Waals surface area (Å²) in [5, 5.41) is 8.21. The van der Waals surface area contributed by atoms with E-state index in [1.165, 1.54) is 31.2 Å². The Hall–Kier alpha value is -5.01. The maximum absolute atomic E-state index is 14.2. The molecule has 3 amide bonds. The molecule has 3 atom stereocenters. The Kier molecular flexibility index (Phi) is 10.6. The Morgan fingerprint density at radius 1 is 1.02 bits per heavy atom. The Bertz CT molecular complexity index is 1790. The van der Waals surface area contributed by atoms with Crippen molar-refractivity contribution in [1.29, 1.82) is 0 Å². The summed E-state index contributed by atoms with van der Waals surface area (Å²) in [5.74, 6) is -3.56. The normalized spacial score (nSPS) is 18.2. The predicted octanol–water partition coefficient (Wildman–Crippen LogP) is 1.42. The maximum Gasteiger partial charge on any atom is 0.524 e. The Balaban J connectivity index is 1.47. The van der Waals surface area contributed by atoms with Crippen molar-refractivity contribution >= 4 is 48.5 Å². The Morgan fingerprint density at radius 3 is 2.35 bits per heavy atom. The number of Topliss-reactive ketones (excluding diaryl/α,β-unsaturated/α-hetero) is 2. The number of para-hydroxylation sites is 1. The van der Waals surface area contributed by atoms with E-state index in [-0.39, 0.29) is 12.2 Å². The van der Waals surface area contributed by atoms with Crippen LogP contribution >= 0.6 is 7.82 Å². The molecule has 15 heteroatoms. The van der Waals surface area contributed by atoms with Crippen LogP contribution < -0.4 is 25.4 Å². The first-order valence-corrected chi connectivity index (χ1v) is 16.7. The molecule has 0 saturated carbocycles. The Labute approximate surface area is 275 Å². The number of fused-ring (bicyclic) bond motifs is 1. The summed E-state index contributed by atoms with van der Waals surface area (Å²) in [5.41, 5.74) is 2.33. The van der Waals surface area contributed by atoms with Crippen molar-refractivity contribution in [1.82, 2.24) is 16.0 Å². The van der Waals surface area contributed by atoms with Gasteiger partial charge in [0.25, 0.3) is 5.91 Å². The lowest BCUT2D eigenvalue weighted by Gasteiger charge is -2.26. The minimum Gasteiger partial charge on any atom is -0.404 e. The summed E-state index contributed by atoms with van der Waals surface area (Å²) in [4.78, 5) is 90.3. The van der Waals surface area contributed by atoms with Crippen LogP contribution in [0.3, 0.4) is 0 Å². The summed E-state index contributed by atoms with van der Waals surface area (Å²) in [6.07, 6.45) is -0.358. The summed E-state index contributed by atoms with van der Waals surface area (Å²) >= 11 is 0. The fraction of sp³-hybridized carbons (Fsp3) is 0.273. The topological polar surface area (TPSA) is 204 Å². The van der Waals surface area contributed by atoms with Gasteiger partial charge in [-0.25, -0.2) is 9.56 Å². The average Bonchev–Trinajstić information content (AvgIpc) is 3.57. The van der Waals surface area contributed by atoms with E-state index in [4.69, 9.17) is 9.79 Å². The van der Waals surface area contributed by atoms with E-state index in [0.717, 1.165) is 11.3 Å². The van der Waals surface area contributed by atoms with E-state index in [0.29, 0.717) is 41.1 Å². The highest BCUT2D eigenvalue weighted by Gasteiger charge is 2.37. The fourth-order valence-electron chi connectivity index (χ4n) is 5.59. The lowest BCUT2D eigenvalue weighted by atomic mass is 10.00. The number of anilines is 1. The molecule has 1 fully saturated rings. The minimum atomic E-state index is -4.78. The van der Waals surface area contributed by atoms with Gasteiger partial charge in [-0.05, 0) is 43.1 Å². The first kappa shape index (κ1) is 34.3. The number of nitrogens with zero attached hydrogens (tertiary/aromatic N) is 2. The van der Waals surface area contributed by atoms with Gasteiger partial charge in [0, 0.05) is 24.5 Å². The number of ketones is 2. The zero-order valence-corrected chi connectivity index (χ0v) is 26.8. The van der Waals surface area contributed by atoms with E-state index in [2.05, 4.69) is 25.5 Å². The number of amides is 3. The average molecular weight is 676 g/mol. The molecule has 2 heterocycles. The van der Waals surface area contributed by atoms with Gasteiger partial charge in [-0.15, -0.1) is 0 Å². The summed E-state index contributed by atoms with van der Waals surface area (Å²) in [6, 6.07) is 19.5. The molecule has 3 aromatic carbocycles. The Morgan fingerprint density at radius 2 is 1.71 bits per heavy atom. The van der Waals surface area contributed by atoms with Gasteiger partial charge in [-0.2, -0.15) is 0 Å². The number of hydrogen-bond donors (Lipinski definition) is 5. The van der Waals surface area contributed by atoms with Gasteiger partial charge < -0.3 is 25.4 Å². The van der Waals surface area contributed by atoms with Gasteiger partial charge in [-0.3, -0.25) is 33.8 Å². The minimum absolute atomic E-state index is 0.0664. The van der Waals surface area contributed by atoms with Gasteiger partial charge in [0.2, 0.25) is 29.5 Å². The van der Waals surface area contributed by atoms with Crippen LogP contribution in [0.1, 0.15) is 36.5 Å². The number of hydrogen-bond acceptors (Lipinski definition) is 9. The van der Waals surface area contributed by atoms with Gasteiger partial charge in [0.05, 0.1) is 24.0 Å². The second-order valence-corrected chi connectivity index (χ2v) is 12.5. The quantitative estimate of drug-likeness (QED) is 0.138. The van der Waals surface area contributed by atoms with Gasteiger partial charge in [0.15, 0.2) is 0 Å². The summed E-state index contributed by atoms with van der Waals surface area (Å²) < 4.78 is 15.7. The zero-order valence-electron chi connectivity index (χ0n) is 25.9. The van der Waals surface area contributed by atoms with Crippen molar-refractivity contribution in [3.8, 4) is 5.75 Å². The van der Waals surface area contributed by atoms with Crippen LogP contribution in [0.2, 0.25) is 0 Å². The van der Waals surface area contributed by atoms with Crippen LogP contribution in [0.15, 0.2) is 83.9 Å². The number of phosphoric ester groups is 1. The molecule has 0 spiro atoms. The molecule has 48 heavy (non-hydrogen) atoms. The van der Waals surface area contributed by atoms with Gasteiger partial charge in [-0.1, -0.05) is 60.7 Å². The molecule has 250 valence electrons. The van der Waals surface area contributed by atoms with Crippen molar-refractivity contribution in [2.45, 2.75) is 44.4 Å². The van der Waals surface area contributed by atoms with Crippen molar-refractivity contribution in [2.24, 2.45) is 4.99 Å². The van der Waals surface area contributed by atoms with E-state index in [1.807, 2.05) is 6.07 Å². The van der Waals surface area contributed by atoms with E-state index >= 15 is 0 Å². The molecule has 5 rings (SSSR count). The fourth-order valence-corrected chi connectivity index (χ4v) is 5.98. The highest BCUT2D eigenvalue weighted by atomic mass is 31.2. The third kappa shape index (κ3) is 8.47. The van der Waals surface area contributed by atoms with Crippen molar-refractivity contribution < 1.29 is 42.8 Å². The number of rotatable bonds is 12. The van der Waals surface area contributed by atoms with Crippen LogP contribution in [0, 0.1) is 0 Å². The molecule has 0 aliphatic carbocycles. The number of aliphatic imine (C=N–C) groups is 1. The molecule has 0 radical (unpaired) electrons. The molecule has 3 aromatic rings. The molecule has 2 aliphatic heterocycles. The molecule has 1 saturated heterocycles. The number of benzene rings is 3. The van der Waals surface area contributed by atoms with Gasteiger partial charge >= 0.3 is 7.82 Å². The van der Waals surface area contributed by atoms with Gasteiger partial charge in [0.1, 0.15) is 11.8 Å².